The fraction of sp³-hybridized carbons (Fsp3) is 0.947. The van der Waals surface area contributed by atoms with Gasteiger partial charge in [0.2, 0.25) is 0 Å². The summed E-state index contributed by atoms with van der Waals surface area (Å²) in [5.41, 5.74) is 0. The Bertz CT molecular complexity index is 1850. The zero-order valence-electron chi connectivity index (χ0n) is 61.6. The van der Waals surface area contributed by atoms with Crippen molar-refractivity contribution in [2.75, 3.05) is 39.6 Å². The number of ether oxygens (including phenoxy) is 4. The highest BCUT2D eigenvalue weighted by molar-refractivity contribution is 7.47. The van der Waals surface area contributed by atoms with E-state index in [0.717, 1.165) is 114 Å². The fourth-order valence-electron chi connectivity index (χ4n) is 11.3. The van der Waals surface area contributed by atoms with Crippen LogP contribution in [0.15, 0.2) is 0 Å². The monoisotopic (exact) mass is 1380 g/mol. The summed E-state index contributed by atoms with van der Waals surface area (Å²) >= 11 is 0. The van der Waals surface area contributed by atoms with Crippen molar-refractivity contribution < 1.29 is 80.2 Å². The fourth-order valence-corrected chi connectivity index (χ4v) is 12.9. The zero-order valence-corrected chi connectivity index (χ0v) is 63.4. The van der Waals surface area contributed by atoms with E-state index >= 15 is 0 Å². The third kappa shape index (κ3) is 66.0. The second-order valence-corrected chi connectivity index (χ2v) is 31.4. The maximum atomic E-state index is 13.0. The largest absolute Gasteiger partial charge is 0.472 e. The highest BCUT2D eigenvalue weighted by Crippen LogP contribution is 2.45. The number of aliphatic hydroxyl groups is 1. The Hall–Kier alpha value is -1.94. The van der Waals surface area contributed by atoms with Crippen molar-refractivity contribution in [2.45, 2.75) is 395 Å². The van der Waals surface area contributed by atoms with Gasteiger partial charge in [0.15, 0.2) is 12.2 Å². The molecule has 0 aromatic heterocycles. The highest BCUT2D eigenvalue weighted by Gasteiger charge is 2.30. The van der Waals surface area contributed by atoms with Gasteiger partial charge in [0.25, 0.3) is 0 Å². The predicted octanol–water partition coefficient (Wildman–Crippen LogP) is 21.7. The van der Waals surface area contributed by atoms with Gasteiger partial charge in [-0.3, -0.25) is 37.3 Å². The first kappa shape index (κ1) is 92.1. The van der Waals surface area contributed by atoms with Gasteiger partial charge >= 0.3 is 39.5 Å². The van der Waals surface area contributed by atoms with Gasteiger partial charge < -0.3 is 33.8 Å². The van der Waals surface area contributed by atoms with Crippen LogP contribution < -0.4 is 0 Å². The molecule has 0 bridgehead atoms. The molecule has 0 aromatic rings. The van der Waals surface area contributed by atoms with Gasteiger partial charge in [-0.15, -0.1) is 0 Å². The lowest BCUT2D eigenvalue weighted by atomic mass is 9.99. The lowest BCUT2D eigenvalue weighted by molar-refractivity contribution is -0.161. The summed E-state index contributed by atoms with van der Waals surface area (Å²) in [6.07, 6.45) is 48.8. The van der Waals surface area contributed by atoms with Crippen molar-refractivity contribution in [2.24, 2.45) is 23.7 Å². The highest BCUT2D eigenvalue weighted by atomic mass is 31.2. The van der Waals surface area contributed by atoms with Crippen LogP contribution in [0.2, 0.25) is 0 Å². The van der Waals surface area contributed by atoms with Crippen LogP contribution >= 0.6 is 15.6 Å². The van der Waals surface area contributed by atoms with Crippen molar-refractivity contribution in [1.29, 1.82) is 0 Å². The minimum absolute atomic E-state index is 0.102. The third-order valence-electron chi connectivity index (χ3n) is 18.0. The van der Waals surface area contributed by atoms with Crippen LogP contribution in [0.5, 0.6) is 0 Å². The average molecular weight is 1380 g/mol. The molecule has 558 valence electrons. The Labute approximate surface area is 575 Å². The summed E-state index contributed by atoms with van der Waals surface area (Å²) in [4.78, 5) is 72.7. The van der Waals surface area contributed by atoms with E-state index in [1.807, 2.05) is 0 Å². The van der Waals surface area contributed by atoms with Gasteiger partial charge in [-0.25, -0.2) is 9.13 Å². The van der Waals surface area contributed by atoms with E-state index < -0.39 is 97.5 Å². The number of aliphatic hydroxyl groups excluding tert-OH is 1. The second kappa shape index (κ2) is 64.4. The Kier molecular flexibility index (Phi) is 63.1. The van der Waals surface area contributed by atoms with E-state index in [0.29, 0.717) is 31.6 Å². The Morgan fingerprint density at radius 1 is 0.298 bits per heavy atom. The van der Waals surface area contributed by atoms with Crippen LogP contribution in [0.25, 0.3) is 0 Å². The minimum atomic E-state index is -4.96. The molecular formula is C75H146O17P2. The van der Waals surface area contributed by atoms with Crippen LogP contribution in [-0.4, -0.2) is 96.7 Å². The molecule has 0 fully saturated rings. The van der Waals surface area contributed by atoms with E-state index in [-0.39, 0.29) is 25.7 Å². The SMILES string of the molecule is CCC(C)CCCCCCCCCCCCCCCCC(=O)O[C@H](COC(=O)CCCCCCCCC(C)CC)COP(=O)(O)OC[C@H](O)COP(=O)(O)OC[C@@H](COC(=O)CCCCCCCCCCCCCCCCC(C)C)OC(=O)CCCCCCCCC(C)C. The molecule has 0 saturated heterocycles. The molecule has 0 radical (unpaired) electrons. The van der Waals surface area contributed by atoms with Crippen LogP contribution in [0.1, 0.15) is 376 Å². The Morgan fingerprint density at radius 2 is 0.511 bits per heavy atom. The second-order valence-electron chi connectivity index (χ2n) is 28.5. The van der Waals surface area contributed by atoms with Crippen molar-refractivity contribution in [3.8, 4) is 0 Å². The molecule has 19 heteroatoms. The molecule has 17 nitrogen and oxygen atoms in total. The molecule has 0 amide bonds. The van der Waals surface area contributed by atoms with Gasteiger partial charge in [0, 0.05) is 25.7 Å². The molecule has 94 heavy (non-hydrogen) atoms. The zero-order chi connectivity index (χ0) is 69.6. The predicted molar refractivity (Wildman–Crippen MR) is 381 cm³/mol. The van der Waals surface area contributed by atoms with E-state index in [4.69, 9.17) is 37.0 Å². The molecular weight excluding hydrogens is 1230 g/mol. The molecule has 0 spiro atoms. The van der Waals surface area contributed by atoms with E-state index in [9.17, 15) is 43.2 Å². The van der Waals surface area contributed by atoms with E-state index in [1.54, 1.807) is 0 Å². The number of carbonyl (C=O) groups is 4. The minimum Gasteiger partial charge on any atom is -0.462 e. The van der Waals surface area contributed by atoms with Crippen LogP contribution in [0.3, 0.4) is 0 Å². The summed E-state index contributed by atoms with van der Waals surface area (Å²) < 4.78 is 68.4. The van der Waals surface area contributed by atoms with E-state index in [2.05, 4.69) is 55.4 Å². The van der Waals surface area contributed by atoms with Crippen molar-refractivity contribution in [3.63, 3.8) is 0 Å². The first-order valence-electron chi connectivity index (χ1n) is 38.8. The third-order valence-corrected chi connectivity index (χ3v) is 19.9. The summed E-state index contributed by atoms with van der Waals surface area (Å²) in [5, 5.41) is 10.6. The van der Waals surface area contributed by atoms with Gasteiger partial charge in [-0.1, -0.05) is 325 Å². The summed E-state index contributed by atoms with van der Waals surface area (Å²) in [6.45, 7) is 14.1. The number of hydrogen-bond acceptors (Lipinski definition) is 15. The number of rotatable bonds is 72. The number of phosphoric ester groups is 2. The molecule has 0 saturated carbocycles. The van der Waals surface area contributed by atoms with Gasteiger partial charge in [-0.05, 0) is 49.4 Å². The maximum Gasteiger partial charge on any atom is 0.472 e. The number of phosphoric acid groups is 2. The molecule has 0 aliphatic rings. The normalized spacial score (nSPS) is 14.7. The first-order valence-corrected chi connectivity index (χ1v) is 41.8. The standard InChI is InChI=1S/C75H146O17P2/c1-9-67(7)53-45-37-28-24-20-16-12-14-18-22-26-30-41-49-57-74(79)91-70(62-86-73(78)56-48-40-34-32-38-46-54-68(8)10-2)63-89-93(81,82)87-59-69(76)60-88-94(83,84)90-64-71(92-75(80)58-50-42-33-31-36-44-52-66(5)6)61-85-72(77)55-47-39-29-25-21-17-13-11-15-19-23-27-35-43-51-65(3)4/h65-71,76H,9-64H2,1-8H3,(H,81,82)(H,83,84)/t67?,68?,69-,70+,71+/m0/s1. The first-order chi connectivity index (χ1) is 45.2. The average Bonchev–Trinajstić information content (AvgIpc) is 2.84. The molecule has 0 aliphatic carbocycles. The van der Waals surface area contributed by atoms with Crippen LogP contribution in [-0.2, 0) is 65.4 Å². The number of hydrogen-bond donors (Lipinski definition) is 3. The molecule has 3 N–H and O–H groups in total. The molecule has 7 atom stereocenters. The number of unbranched alkanes of at least 4 members (excludes halogenated alkanes) is 36. The molecule has 0 rings (SSSR count). The quantitative estimate of drug-likeness (QED) is 0.0222. The van der Waals surface area contributed by atoms with E-state index in [1.165, 1.54) is 173 Å². The molecule has 0 heterocycles. The van der Waals surface area contributed by atoms with Crippen LogP contribution in [0, 0.1) is 23.7 Å². The van der Waals surface area contributed by atoms with Gasteiger partial charge in [-0.2, -0.15) is 0 Å². The van der Waals surface area contributed by atoms with Gasteiger partial charge in [0.1, 0.15) is 19.3 Å². The van der Waals surface area contributed by atoms with Crippen molar-refractivity contribution in [1.82, 2.24) is 0 Å². The summed E-state index contributed by atoms with van der Waals surface area (Å²) in [7, 11) is -9.91. The lowest BCUT2D eigenvalue weighted by Gasteiger charge is -2.21. The summed E-state index contributed by atoms with van der Waals surface area (Å²) in [5.74, 6) is 0.917. The Morgan fingerprint density at radius 3 is 0.755 bits per heavy atom. The number of esters is 4. The summed E-state index contributed by atoms with van der Waals surface area (Å²) in [6, 6.07) is 0. The molecule has 0 aromatic carbocycles. The van der Waals surface area contributed by atoms with Gasteiger partial charge in [0.05, 0.1) is 26.4 Å². The maximum absolute atomic E-state index is 13.0. The molecule has 0 aliphatic heterocycles. The lowest BCUT2D eigenvalue weighted by Crippen LogP contribution is -2.30. The van der Waals surface area contributed by atoms with Crippen molar-refractivity contribution in [3.05, 3.63) is 0 Å². The Balaban J connectivity index is 5.17. The van der Waals surface area contributed by atoms with Crippen LogP contribution in [0.4, 0.5) is 0 Å². The number of carbonyl (C=O) groups excluding carboxylic acids is 4. The smallest absolute Gasteiger partial charge is 0.462 e. The topological polar surface area (TPSA) is 237 Å². The molecule has 4 unspecified atom stereocenters. The van der Waals surface area contributed by atoms with Crippen molar-refractivity contribution >= 4 is 39.5 Å².